The molecule has 1 amide bonds. The SMILES string of the molecule is CC(C(=O)N1CCCC1c1noc(C2CC2)n1)N1CCCCCC1. The first-order valence-electron chi connectivity index (χ1n) is 9.62. The summed E-state index contributed by atoms with van der Waals surface area (Å²) < 4.78 is 5.41. The van der Waals surface area contributed by atoms with E-state index in [9.17, 15) is 4.79 Å². The Kier molecular flexibility index (Phi) is 4.57. The second-order valence-electron chi connectivity index (χ2n) is 7.58. The number of nitrogens with zero attached hydrogens (tertiary/aromatic N) is 4. The monoisotopic (exact) mass is 332 g/mol. The summed E-state index contributed by atoms with van der Waals surface area (Å²) in [6.45, 7) is 4.96. The lowest BCUT2D eigenvalue weighted by Gasteiger charge is -2.32. The van der Waals surface area contributed by atoms with Crippen LogP contribution in [0.15, 0.2) is 4.52 Å². The van der Waals surface area contributed by atoms with Crippen LogP contribution in [0.3, 0.4) is 0 Å². The number of carbonyl (C=O) groups is 1. The molecule has 2 atom stereocenters. The van der Waals surface area contributed by atoms with Gasteiger partial charge in [-0.15, -0.1) is 0 Å². The molecule has 6 heteroatoms. The molecule has 0 spiro atoms. The van der Waals surface area contributed by atoms with Crippen molar-refractivity contribution in [3.05, 3.63) is 11.7 Å². The van der Waals surface area contributed by atoms with Crippen LogP contribution in [-0.2, 0) is 4.79 Å². The van der Waals surface area contributed by atoms with Gasteiger partial charge in [-0.3, -0.25) is 9.69 Å². The van der Waals surface area contributed by atoms with E-state index >= 15 is 0 Å². The van der Waals surface area contributed by atoms with Crippen LogP contribution in [0.2, 0.25) is 0 Å². The number of rotatable bonds is 4. The Morgan fingerprint density at radius 2 is 1.83 bits per heavy atom. The minimum absolute atomic E-state index is 0.00294. The highest BCUT2D eigenvalue weighted by atomic mass is 16.5. The zero-order valence-corrected chi connectivity index (χ0v) is 14.6. The molecule has 132 valence electrons. The van der Waals surface area contributed by atoms with Crippen molar-refractivity contribution in [2.24, 2.45) is 0 Å². The highest BCUT2D eigenvalue weighted by Gasteiger charge is 2.38. The smallest absolute Gasteiger partial charge is 0.240 e. The Labute approximate surface area is 143 Å². The van der Waals surface area contributed by atoms with Gasteiger partial charge in [-0.1, -0.05) is 18.0 Å². The first kappa shape index (κ1) is 16.1. The molecule has 2 saturated heterocycles. The van der Waals surface area contributed by atoms with Gasteiger partial charge in [0.05, 0.1) is 12.1 Å². The molecule has 1 aromatic rings. The maximum absolute atomic E-state index is 13.1. The number of amides is 1. The molecule has 1 aromatic heterocycles. The van der Waals surface area contributed by atoms with Gasteiger partial charge in [-0.2, -0.15) is 4.98 Å². The number of hydrogen-bond acceptors (Lipinski definition) is 5. The van der Waals surface area contributed by atoms with Gasteiger partial charge in [-0.25, -0.2) is 0 Å². The molecule has 3 aliphatic rings. The maximum Gasteiger partial charge on any atom is 0.240 e. The molecule has 0 bridgehead atoms. The molecule has 0 N–H and O–H groups in total. The van der Waals surface area contributed by atoms with Gasteiger partial charge in [0, 0.05) is 12.5 Å². The van der Waals surface area contributed by atoms with E-state index in [1.54, 1.807) is 0 Å². The first-order valence-corrected chi connectivity index (χ1v) is 9.62. The first-order chi connectivity index (χ1) is 11.7. The van der Waals surface area contributed by atoms with Crippen LogP contribution in [0.5, 0.6) is 0 Å². The van der Waals surface area contributed by atoms with Crippen LogP contribution >= 0.6 is 0 Å². The van der Waals surface area contributed by atoms with E-state index < -0.39 is 0 Å². The maximum atomic E-state index is 13.1. The number of aromatic nitrogens is 2. The highest BCUT2D eigenvalue weighted by Crippen LogP contribution is 2.40. The van der Waals surface area contributed by atoms with E-state index in [2.05, 4.69) is 22.0 Å². The summed E-state index contributed by atoms with van der Waals surface area (Å²) in [6.07, 6.45) is 9.26. The molecule has 3 heterocycles. The predicted octanol–water partition coefficient (Wildman–Crippen LogP) is 2.88. The van der Waals surface area contributed by atoms with Crippen molar-refractivity contribution in [2.45, 2.75) is 76.3 Å². The minimum atomic E-state index is -0.0431. The van der Waals surface area contributed by atoms with Gasteiger partial charge in [0.25, 0.3) is 0 Å². The van der Waals surface area contributed by atoms with Crippen LogP contribution in [0.1, 0.15) is 82.0 Å². The van der Waals surface area contributed by atoms with E-state index in [1.165, 1.54) is 25.7 Å². The summed E-state index contributed by atoms with van der Waals surface area (Å²) in [5, 5.41) is 4.19. The largest absolute Gasteiger partial charge is 0.339 e. The Balaban J connectivity index is 1.45. The molecule has 2 unspecified atom stereocenters. The second kappa shape index (κ2) is 6.82. The summed E-state index contributed by atoms with van der Waals surface area (Å²) in [4.78, 5) is 22.0. The molecule has 2 aliphatic heterocycles. The van der Waals surface area contributed by atoms with Gasteiger partial charge >= 0.3 is 0 Å². The highest BCUT2D eigenvalue weighted by molar-refractivity contribution is 5.82. The quantitative estimate of drug-likeness (QED) is 0.848. The summed E-state index contributed by atoms with van der Waals surface area (Å²) in [5.41, 5.74) is 0. The Hall–Kier alpha value is -1.43. The van der Waals surface area contributed by atoms with Crippen LogP contribution in [-0.4, -0.2) is 51.5 Å². The van der Waals surface area contributed by atoms with E-state index in [-0.39, 0.29) is 18.0 Å². The Morgan fingerprint density at radius 1 is 1.08 bits per heavy atom. The number of likely N-dealkylation sites (tertiary alicyclic amines) is 2. The zero-order chi connectivity index (χ0) is 16.5. The molecule has 6 nitrogen and oxygen atoms in total. The number of hydrogen-bond donors (Lipinski definition) is 0. The molecule has 3 fully saturated rings. The summed E-state index contributed by atoms with van der Waals surface area (Å²) >= 11 is 0. The molecular formula is C18H28N4O2. The lowest BCUT2D eigenvalue weighted by Crippen LogP contribution is -2.47. The van der Waals surface area contributed by atoms with Crippen LogP contribution in [0.4, 0.5) is 0 Å². The van der Waals surface area contributed by atoms with E-state index in [4.69, 9.17) is 4.52 Å². The van der Waals surface area contributed by atoms with Gasteiger partial charge < -0.3 is 9.42 Å². The predicted molar refractivity (Wildman–Crippen MR) is 89.5 cm³/mol. The van der Waals surface area contributed by atoms with Crippen molar-refractivity contribution in [3.63, 3.8) is 0 Å². The molecule has 24 heavy (non-hydrogen) atoms. The lowest BCUT2D eigenvalue weighted by atomic mass is 10.1. The number of carbonyl (C=O) groups excluding carboxylic acids is 1. The molecular weight excluding hydrogens is 304 g/mol. The summed E-state index contributed by atoms with van der Waals surface area (Å²) in [6, 6.07) is -0.0401. The molecule has 1 saturated carbocycles. The van der Waals surface area contributed by atoms with Crippen molar-refractivity contribution < 1.29 is 9.32 Å². The van der Waals surface area contributed by atoms with E-state index in [0.717, 1.165) is 51.2 Å². The summed E-state index contributed by atoms with van der Waals surface area (Å²) in [7, 11) is 0. The van der Waals surface area contributed by atoms with Crippen molar-refractivity contribution in [3.8, 4) is 0 Å². The lowest BCUT2D eigenvalue weighted by molar-refractivity contribution is -0.137. The van der Waals surface area contributed by atoms with Crippen molar-refractivity contribution in [1.82, 2.24) is 19.9 Å². The second-order valence-corrected chi connectivity index (χ2v) is 7.58. The van der Waals surface area contributed by atoms with E-state index in [0.29, 0.717) is 11.7 Å². The third-order valence-electron chi connectivity index (χ3n) is 5.76. The van der Waals surface area contributed by atoms with Gasteiger partial charge in [0.2, 0.25) is 11.8 Å². The van der Waals surface area contributed by atoms with Crippen LogP contribution < -0.4 is 0 Å². The third-order valence-corrected chi connectivity index (χ3v) is 5.76. The van der Waals surface area contributed by atoms with Crippen LogP contribution in [0.25, 0.3) is 0 Å². The molecule has 4 rings (SSSR count). The van der Waals surface area contributed by atoms with Gasteiger partial charge in [-0.05, 0) is 58.5 Å². The fourth-order valence-electron chi connectivity index (χ4n) is 4.06. The van der Waals surface area contributed by atoms with E-state index in [1.807, 2.05) is 4.90 Å². The Morgan fingerprint density at radius 3 is 2.54 bits per heavy atom. The topological polar surface area (TPSA) is 62.5 Å². The summed E-state index contributed by atoms with van der Waals surface area (Å²) in [5.74, 6) is 2.18. The average molecular weight is 332 g/mol. The molecule has 0 radical (unpaired) electrons. The Bertz CT molecular complexity index is 575. The fourth-order valence-corrected chi connectivity index (χ4v) is 4.06. The van der Waals surface area contributed by atoms with Crippen molar-refractivity contribution in [2.75, 3.05) is 19.6 Å². The van der Waals surface area contributed by atoms with Gasteiger partial charge in [0.1, 0.15) is 0 Å². The fraction of sp³-hybridized carbons (Fsp3) is 0.833. The molecule has 0 aromatic carbocycles. The third kappa shape index (κ3) is 3.21. The zero-order valence-electron chi connectivity index (χ0n) is 14.6. The normalized spacial score (nSPS) is 27.2. The van der Waals surface area contributed by atoms with Crippen molar-refractivity contribution >= 4 is 5.91 Å². The molecule has 1 aliphatic carbocycles. The van der Waals surface area contributed by atoms with Crippen molar-refractivity contribution in [1.29, 1.82) is 0 Å². The van der Waals surface area contributed by atoms with Gasteiger partial charge in [0.15, 0.2) is 5.82 Å². The minimum Gasteiger partial charge on any atom is -0.339 e. The van der Waals surface area contributed by atoms with Crippen LogP contribution in [0, 0.1) is 0 Å². The standard InChI is InChI=1S/C18H28N4O2/c1-13(21-10-4-2-3-5-11-21)18(23)22-12-6-7-15(22)16-19-17(24-20-16)14-8-9-14/h13-15H,2-12H2,1H3. The average Bonchev–Trinajstić information content (AvgIpc) is 3.23.